The third-order valence-corrected chi connectivity index (χ3v) is 4.89. The molecule has 0 spiro atoms. The number of aromatic nitrogens is 1. The van der Waals surface area contributed by atoms with Crippen LogP contribution < -0.4 is 10.8 Å². The number of nitrogens with zero attached hydrogens (tertiary/aromatic N) is 1. The van der Waals surface area contributed by atoms with Gasteiger partial charge < -0.3 is 5.32 Å². The summed E-state index contributed by atoms with van der Waals surface area (Å²) in [6.45, 7) is 0. The fraction of sp³-hybridized carbons (Fsp3) is 0.545. The predicted molar refractivity (Wildman–Crippen MR) is 72.4 cm³/mol. The lowest BCUT2D eigenvalue weighted by atomic mass is 9.83. The van der Waals surface area contributed by atoms with Crippen molar-refractivity contribution in [2.45, 2.75) is 37.3 Å². The summed E-state index contributed by atoms with van der Waals surface area (Å²) in [6, 6.07) is 3.82. The van der Waals surface area contributed by atoms with Crippen LogP contribution >= 0.6 is 22.6 Å². The Morgan fingerprint density at radius 2 is 2.33 bits per heavy atom. The normalized spacial score (nSPS) is 33.5. The molecule has 1 N–H and O–H groups in total. The van der Waals surface area contributed by atoms with Gasteiger partial charge in [0.05, 0.1) is 3.70 Å². The van der Waals surface area contributed by atoms with Crippen molar-refractivity contribution >= 4 is 35.9 Å². The SMILES string of the molecule is Bc1cc(C2CC3CCC2N3)cnc1I. The molecule has 3 unspecified atom stereocenters. The largest absolute Gasteiger partial charge is 0.311 e. The molecule has 3 rings (SSSR count). The van der Waals surface area contributed by atoms with Gasteiger partial charge in [-0.2, -0.15) is 0 Å². The lowest BCUT2D eigenvalue weighted by molar-refractivity contribution is 0.505. The lowest BCUT2D eigenvalue weighted by Gasteiger charge is -2.20. The maximum absolute atomic E-state index is 4.47. The molecule has 0 saturated carbocycles. The summed E-state index contributed by atoms with van der Waals surface area (Å²) >= 11 is 2.30. The molecule has 1 aromatic heterocycles. The molecule has 2 aliphatic rings. The van der Waals surface area contributed by atoms with E-state index in [1.807, 2.05) is 0 Å². The molecule has 0 aliphatic carbocycles. The van der Waals surface area contributed by atoms with Crippen LogP contribution in [0, 0.1) is 3.70 Å². The highest BCUT2D eigenvalue weighted by molar-refractivity contribution is 14.1. The first-order chi connectivity index (χ1) is 7.24. The fourth-order valence-electron chi connectivity index (χ4n) is 2.98. The zero-order valence-electron chi connectivity index (χ0n) is 8.83. The summed E-state index contributed by atoms with van der Waals surface area (Å²) in [5.74, 6) is 0.715. The minimum atomic E-state index is 0.715. The van der Waals surface area contributed by atoms with Crippen LogP contribution in [0.2, 0.25) is 0 Å². The Morgan fingerprint density at radius 3 is 2.93 bits per heavy atom. The highest BCUT2D eigenvalue weighted by atomic mass is 127. The average molecular weight is 312 g/mol. The molecule has 3 atom stereocenters. The van der Waals surface area contributed by atoms with Crippen LogP contribution in [-0.4, -0.2) is 24.9 Å². The Morgan fingerprint density at radius 1 is 1.47 bits per heavy atom. The molecular formula is C11H14BIN2. The molecule has 2 saturated heterocycles. The fourth-order valence-corrected chi connectivity index (χ4v) is 3.27. The first-order valence-electron chi connectivity index (χ1n) is 5.62. The smallest absolute Gasteiger partial charge is 0.142 e. The van der Waals surface area contributed by atoms with Crippen molar-refractivity contribution < 1.29 is 0 Å². The van der Waals surface area contributed by atoms with Gasteiger partial charge in [0.2, 0.25) is 0 Å². The number of halogens is 1. The van der Waals surface area contributed by atoms with Crippen LogP contribution in [0.5, 0.6) is 0 Å². The van der Waals surface area contributed by atoms with E-state index in [9.17, 15) is 0 Å². The van der Waals surface area contributed by atoms with E-state index in [1.165, 1.54) is 30.3 Å². The van der Waals surface area contributed by atoms with Gasteiger partial charge in [0.25, 0.3) is 0 Å². The molecule has 0 aromatic carbocycles. The Bertz CT molecular complexity index is 396. The summed E-state index contributed by atoms with van der Waals surface area (Å²) in [5, 5.41) is 3.68. The number of fused-ring (bicyclic) bond motifs is 2. The number of hydrogen-bond donors (Lipinski definition) is 1. The third kappa shape index (κ3) is 1.71. The van der Waals surface area contributed by atoms with E-state index in [0.717, 1.165) is 15.8 Å². The van der Waals surface area contributed by atoms with Crippen molar-refractivity contribution in [1.82, 2.24) is 10.3 Å². The minimum absolute atomic E-state index is 0.715. The quantitative estimate of drug-likeness (QED) is 0.465. The molecule has 1 aromatic rings. The standard InChI is InChI=1S/C11H14BIN2/c12-9-3-6(5-14-11(9)13)8-4-7-1-2-10(8)15-7/h3,5,7-8,10,15H,1-2,4,12H2. The van der Waals surface area contributed by atoms with Crippen molar-refractivity contribution in [2.24, 2.45) is 0 Å². The molecular weight excluding hydrogens is 298 g/mol. The number of rotatable bonds is 1. The van der Waals surface area contributed by atoms with Crippen LogP contribution in [0.15, 0.2) is 12.3 Å². The minimum Gasteiger partial charge on any atom is -0.311 e. The van der Waals surface area contributed by atoms with E-state index in [4.69, 9.17) is 0 Å². The molecule has 4 heteroatoms. The second-order valence-corrected chi connectivity index (χ2v) is 5.79. The molecule has 2 bridgehead atoms. The zero-order chi connectivity index (χ0) is 10.4. The molecule has 2 fully saturated rings. The molecule has 2 nitrogen and oxygen atoms in total. The maximum atomic E-state index is 4.47. The first-order valence-corrected chi connectivity index (χ1v) is 6.70. The third-order valence-electron chi connectivity index (χ3n) is 3.76. The van der Waals surface area contributed by atoms with E-state index in [0.29, 0.717) is 5.92 Å². The monoisotopic (exact) mass is 312 g/mol. The number of hydrogen-bond acceptors (Lipinski definition) is 2. The Hall–Kier alpha value is -0.0951. The topological polar surface area (TPSA) is 24.9 Å². The van der Waals surface area contributed by atoms with Gasteiger partial charge in [0.15, 0.2) is 0 Å². The Labute approximate surface area is 105 Å². The number of pyridine rings is 1. The van der Waals surface area contributed by atoms with Gasteiger partial charge in [-0.15, -0.1) is 0 Å². The van der Waals surface area contributed by atoms with Gasteiger partial charge in [0, 0.05) is 24.2 Å². The molecule has 0 radical (unpaired) electrons. The summed E-state index contributed by atoms with van der Waals surface area (Å²) in [7, 11) is 2.15. The molecule has 0 amide bonds. The molecule has 78 valence electrons. The predicted octanol–water partition coefficient (Wildman–Crippen LogP) is 0.552. The van der Waals surface area contributed by atoms with Gasteiger partial charge in [-0.1, -0.05) is 11.5 Å². The van der Waals surface area contributed by atoms with Gasteiger partial charge >= 0.3 is 0 Å². The van der Waals surface area contributed by atoms with E-state index in [1.54, 1.807) is 0 Å². The summed E-state index contributed by atoms with van der Waals surface area (Å²) < 4.78 is 1.13. The maximum Gasteiger partial charge on any atom is 0.142 e. The molecule has 3 heterocycles. The average Bonchev–Trinajstić information content (AvgIpc) is 2.83. The van der Waals surface area contributed by atoms with Gasteiger partial charge in [0.1, 0.15) is 7.85 Å². The van der Waals surface area contributed by atoms with E-state index < -0.39 is 0 Å². The van der Waals surface area contributed by atoms with Crippen molar-refractivity contribution in [3.63, 3.8) is 0 Å². The van der Waals surface area contributed by atoms with Crippen molar-refractivity contribution in [1.29, 1.82) is 0 Å². The molecule has 2 aliphatic heterocycles. The van der Waals surface area contributed by atoms with Crippen molar-refractivity contribution in [3.05, 3.63) is 21.5 Å². The van der Waals surface area contributed by atoms with Gasteiger partial charge in [-0.3, -0.25) is 4.98 Å². The van der Waals surface area contributed by atoms with Crippen LogP contribution in [0.1, 0.15) is 30.7 Å². The highest BCUT2D eigenvalue weighted by Gasteiger charge is 2.39. The Balaban J connectivity index is 1.90. The van der Waals surface area contributed by atoms with Crippen molar-refractivity contribution in [3.8, 4) is 0 Å². The Kier molecular flexibility index (Phi) is 2.51. The summed E-state index contributed by atoms with van der Waals surface area (Å²) in [4.78, 5) is 4.47. The van der Waals surface area contributed by atoms with E-state index in [-0.39, 0.29) is 0 Å². The zero-order valence-corrected chi connectivity index (χ0v) is 11.0. The molecule has 15 heavy (non-hydrogen) atoms. The second kappa shape index (κ2) is 3.73. The lowest BCUT2D eigenvalue weighted by Crippen LogP contribution is -2.23. The van der Waals surface area contributed by atoms with Gasteiger partial charge in [-0.25, -0.2) is 0 Å². The van der Waals surface area contributed by atoms with Crippen molar-refractivity contribution in [2.75, 3.05) is 0 Å². The van der Waals surface area contributed by atoms with E-state index in [2.05, 4.69) is 53.0 Å². The van der Waals surface area contributed by atoms with Crippen LogP contribution in [-0.2, 0) is 0 Å². The number of nitrogens with one attached hydrogen (secondary N) is 1. The van der Waals surface area contributed by atoms with Crippen LogP contribution in [0.25, 0.3) is 0 Å². The second-order valence-electron chi connectivity index (χ2n) is 4.77. The summed E-state index contributed by atoms with van der Waals surface area (Å²) in [5.41, 5.74) is 2.75. The van der Waals surface area contributed by atoms with E-state index >= 15 is 0 Å². The van der Waals surface area contributed by atoms with Crippen LogP contribution in [0.4, 0.5) is 0 Å². The highest BCUT2D eigenvalue weighted by Crippen LogP contribution is 2.39. The van der Waals surface area contributed by atoms with Crippen LogP contribution in [0.3, 0.4) is 0 Å². The summed E-state index contributed by atoms with van der Waals surface area (Å²) in [6.07, 6.45) is 6.10. The van der Waals surface area contributed by atoms with Gasteiger partial charge in [-0.05, 0) is 47.4 Å². The first kappa shape index (κ1) is 10.1.